The minimum Gasteiger partial charge on any atom is -0.298 e. The second-order valence-corrected chi connectivity index (χ2v) is 1.33. The van der Waals surface area contributed by atoms with E-state index in [-0.39, 0.29) is 0 Å². The van der Waals surface area contributed by atoms with E-state index in [0.29, 0.717) is 0 Å². The molecule has 0 rings (SSSR count). The summed E-state index contributed by atoms with van der Waals surface area (Å²) in [6.07, 6.45) is 3.56. The van der Waals surface area contributed by atoms with Crippen LogP contribution in [-0.4, -0.2) is 14.1 Å². The quantitative estimate of drug-likeness (QED) is 0.272. The molecule has 0 aliphatic heterocycles. The van der Waals surface area contributed by atoms with Crippen LogP contribution in [0.2, 0.25) is 6.32 Å². The molecule has 0 amide bonds. The van der Waals surface area contributed by atoms with Gasteiger partial charge in [0.2, 0.25) is 0 Å². The Morgan fingerprint density at radius 2 is 2.43 bits per heavy atom. The first kappa shape index (κ1) is 6.47. The van der Waals surface area contributed by atoms with Crippen molar-refractivity contribution in [3.63, 3.8) is 0 Å². The van der Waals surface area contributed by atoms with Crippen LogP contribution in [-0.2, 0) is 4.79 Å². The Balaban J connectivity index is 3.60. The molecule has 0 bridgehead atoms. The first-order valence-corrected chi connectivity index (χ1v) is 2.45. The van der Waals surface area contributed by atoms with Crippen LogP contribution in [0.1, 0.15) is 6.92 Å². The zero-order valence-corrected chi connectivity index (χ0v) is 4.77. The van der Waals surface area contributed by atoms with Crippen LogP contribution in [0.3, 0.4) is 0 Å². The van der Waals surface area contributed by atoms with Crippen LogP contribution in [0.15, 0.2) is 11.6 Å². The minimum absolute atomic E-state index is 0.847. The topological polar surface area (TPSA) is 17.1 Å². The van der Waals surface area contributed by atoms with Crippen LogP contribution >= 0.6 is 0 Å². The normalized spacial score (nSPS) is 11.3. The molecule has 0 unspecified atom stereocenters. The van der Waals surface area contributed by atoms with Crippen LogP contribution in [0.5, 0.6) is 0 Å². The number of hydrogen-bond donors (Lipinski definition) is 0. The summed E-state index contributed by atoms with van der Waals surface area (Å²) >= 11 is 0. The molecule has 0 aliphatic carbocycles. The van der Waals surface area contributed by atoms with Gasteiger partial charge in [-0.25, -0.2) is 0 Å². The van der Waals surface area contributed by atoms with Crippen LogP contribution < -0.4 is 0 Å². The number of allylic oxidation sites excluding steroid dienone is 2. The maximum atomic E-state index is 9.90. The first-order valence-electron chi connectivity index (χ1n) is 2.45. The van der Waals surface area contributed by atoms with Crippen LogP contribution in [0.4, 0.5) is 0 Å². The highest BCUT2D eigenvalue weighted by Crippen LogP contribution is 1.90. The van der Waals surface area contributed by atoms with Crippen molar-refractivity contribution in [2.45, 2.75) is 13.2 Å². The predicted molar refractivity (Wildman–Crippen MR) is 33.2 cm³/mol. The third-order valence-corrected chi connectivity index (χ3v) is 0.930. The third kappa shape index (κ3) is 2.21. The maximum Gasteiger partial charge on any atom is 0.144 e. The monoisotopic (exact) mass is 96.1 g/mol. The van der Waals surface area contributed by atoms with E-state index in [2.05, 4.69) is 0 Å². The zero-order chi connectivity index (χ0) is 5.70. The summed E-state index contributed by atoms with van der Waals surface area (Å²) in [7, 11) is 1.96. The summed E-state index contributed by atoms with van der Waals surface area (Å²) in [5.41, 5.74) is 0.875. The largest absolute Gasteiger partial charge is 0.298 e. The lowest BCUT2D eigenvalue weighted by Gasteiger charge is -1.83. The summed E-state index contributed by atoms with van der Waals surface area (Å²) in [6, 6.07) is 0. The lowest BCUT2D eigenvalue weighted by atomic mass is 9.98. The molecule has 1 nitrogen and oxygen atoms in total. The fourth-order valence-corrected chi connectivity index (χ4v) is 0.355. The van der Waals surface area contributed by atoms with Crippen molar-refractivity contribution < 1.29 is 4.79 Å². The van der Waals surface area contributed by atoms with Gasteiger partial charge in [0.25, 0.3) is 0 Å². The van der Waals surface area contributed by atoms with Gasteiger partial charge < -0.3 is 0 Å². The Morgan fingerprint density at radius 3 is 2.43 bits per heavy atom. The van der Waals surface area contributed by atoms with Gasteiger partial charge in [-0.15, -0.1) is 0 Å². The molecule has 0 N–H and O–H groups in total. The van der Waals surface area contributed by atoms with E-state index in [1.54, 1.807) is 0 Å². The smallest absolute Gasteiger partial charge is 0.144 e. The highest BCUT2D eigenvalue weighted by Gasteiger charge is 1.82. The number of aldehydes is 1. The van der Waals surface area contributed by atoms with Gasteiger partial charge in [-0.2, -0.15) is 0 Å². The summed E-state index contributed by atoms with van der Waals surface area (Å²) in [5.74, 6) is 0. The van der Waals surface area contributed by atoms with Crippen molar-refractivity contribution in [3.05, 3.63) is 11.6 Å². The molecule has 38 valence electrons. The number of rotatable bonds is 2. The van der Waals surface area contributed by atoms with Gasteiger partial charge in [0.15, 0.2) is 0 Å². The molecule has 0 heterocycles. The number of carbonyl (C=O) groups is 1. The average Bonchev–Trinajstić information content (AvgIpc) is 1.72. The Hall–Kier alpha value is -0.525. The number of carbonyl (C=O) groups excluding carboxylic acids is 1. The molecule has 2 heteroatoms. The van der Waals surface area contributed by atoms with Gasteiger partial charge in [-0.3, -0.25) is 4.79 Å². The van der Waals surface area contributed by atoms with Gasteiger partial charge in [-0.05, 0) is 12.5 Å². The maximum absolute atomic E-state index is 9.90. The molecule has 0 aromatic rings. The van der Waals surface area contributed by atoms with Crippen molar-refractivity contribution in [2.24, 2.45) is 0 Å². The van der Waals surface area contributed by atoms with E-state index in [1.165, 1.54) is 0 Å². The molecule has 0 spiro atoms. The van der Waals surface area contributed by atoms with Gasteiger partial charge in [0.05, 0.1) is 0 Å². The lowest BCUT2D eigenvalue weighted by molar-refractivity contribution is -0.104. The van der Waals surface area contributed by atoms with Crippen molar-refractivity contribution in [3.8, 4) is 0 Å². The molecule has 0 atom stereocenters. The van der Waals surface area contributed by atoms with E-state index in [0.717, 1.165) is 18.2 Å². The highest BCUT2D eigenvalue weighted by molar-refractivity contribution is 6.12. The Labute approximate surface area is 44.8 Å². The summed E-state index contributed by atoms with van der Waals surface area (Å²) in [4.78, 5) is 9.90. The van der Waals surface area contributed by atoms with E-state index >= 15 is 0 Å². The fourth-order valence-electron chi connectivity index (χ4n) is 0.355. The molecule has 0 fully saturated rings. The van der Waals surface area contributed by atoms with Gasteiger partial charge in [0.1, 0.15) is 14.1 Å². The van der Waals surface area contributed by atoms with Crippen molar-refractivity contribution in [1.29, 1.82) is 0 Å². The molecular formula is C5H9BO. The van der Waals surface area contributed by atoms with Gasteiger partial charge in [-0.1, -0.05) is 12.4 Å². The highest BCUT2D eigenvalue weighted by atomic mass is 16.1. The predicted octanol–water partition coefficient (Wildman–Crippen LogP) is 0.183. The Morgan fingerprint density at radius 1 is 1.86 bits per heavy atom. The molecule has 7 heavy (non-hydrogen) atoms. The lowest BCUT2D eigenvalue weighted by Crippen LogP contribution is -1.79. The van der Waals surface area contributed by atoms with E-state index in [4.69, 9.17) is 0 Å². The van der Waals surface area contributed by atoms with Crippen molar-refractivity contribution in [1.82, 2.24) is 0 Å². The third-order valence-electron chi connectivity index (χ3n) is 0.930. The fraction of sp³-hybridized carbons (Fsp3) is 0.400. The molecule has 0 saturated carbocycles. The van der Waals surface area contributed by atoms with E-state index in [1.807, 2.05) is 20.8 Å². The molecular weight excluding hydrogens is 86.9 g/mol. The Kier molecular flexibility index (Phi) is 3.38. The molecule has 0 radical (unpaired) electrons. The second kappa shape index (κ2) is 3.66. The average molecular weight is 95.9 g/mol. The summed E-state index contributed by atoms with van der Waals surface area (Å²) in [6.45, 7) is 1.87. The van der Waals surface area contributed by atoms with Crippen LogP contribution in [0, 0.1) is 0 Å². The second-order valence-electron chi connectivity index (χ2n) is 1.33. The van der Waals surface area contributed by atoms with Crippen molar-refractivity contribution in [2.75, 3.05) is 0 Å². The van der Waals surface area contributed by atoms with Crippen molar-refractivity contribution >= 4 is 14.1 Å². The SMILES string of the molecule is BC/C(C=O)=C\C. The molecule has 0 aromatic carbocycles. The van der Waals surface area contributed by atoms with E-state index < -0.39 is 0 Å². The summed E-state index contributed by atoms with van der Waals surface area (Å²) < 4.78 is 0. The molecule has 0 aromatic heterocycles. The first-order chi connectivity index (χ1) is 3.35. The number of hydrogen-bond acceptors (Lipinski definition) is 1. The standard InChI is InChI=1S/C5H9BO/c1-2-5(3-6)4-7/h2,4H,3,6H2,1H3/b5-2+. The van der Waals surface area contributed by atoms with Gasteiger partial charge >= 0.3 is 0 Å². The Bertz CT molecular complexity index is 86.1. The molecule has 0 aliphatic rings. The van der Waals surface area contributed by atoms with Crippen LogP contribution in [0.25, 0.3) is 0 Å². The summed E-state index contributed by atoms with van der Waals surface area (Å²) in [5, 5.41) is 0. The minimum atomic E-state index is 0.847. The van der Waals surface area contributed by atoms with E-state index in [9.17, 15) is 4.79 Å². The zero-order valence-electron chi connectivity index (χ0n) is 4.77. The molecule has 0 saturated heterocycles. The van der Waals surface area contributed by atoms with Gasteiger partial charge in [0, 0.05) is 0 Å².